The number of fused-ring (bicyclic) bond motifs is 2. The quantitative estimate of drug-likeness (QED) is 0.594. The number of H-pyrrole nitrogens is 1. The normalized spacial score (nSPS) is 11.1. The van der Waals surface area contributed by atoms with Gasteiger partial charge in [0.15, 0.2) is 11.2 Å². The molecule has 0 saturated carbocycles. The van der Waals surface area contributed by atoms with Crippen molar-refractivity contribution in [1.29, 1.82) is 0 Å². The molecular formula is C21H17N3O4. The molecule has 1 N–H and O–H groups in total. The molecule has 1 amide bonds. The van der Waals surface area contributed by atoms with E-state index in [1.54, 1.807) is 43.4 Å². The van der Waals surface area contributed by atoms with Crippen molar-refractivity contribution in [1.82, 2.24) is 14.9 Å². The van der Waals surface area contributed by atoms with Gasteiger partial charge in [0.05, 0.1) is 22.8 Å². The number of aromatic nitrogens is 2. The highest BCUT2D eigenvalue weighted by Crippen LogP contribution is 2.16. The van der Waals surface area contributed by atoms with Crippen molar-refractivity contribution in [2.45, 2.75) is 13.5 Å². The first-order valence-corrected chi connectivity index (χ1v) is 8.70. The Morgan fingerprint density at radius 3 is 2.71 bits per heavy atom. The van der Waals surface area contributed by atoms with Crippen LogP contribution in [0.5, 0.6) is 0 Å². The predicted molar refractivity (Wildman–Crippen MR) is 105 cm³/mol. The molecule has 0 saturated heterocycles. The van der Waals surface area contributed by atoms with Crippen LogP contribution in [0.3, 0.4) is 0 Å². The van der Waals surface area contributed by atoms with Gasteiger partial charge >= 0.3 is 0 Å². The molecule has 0 fully saturated rings. The fourth-order valence-corrected chi connectivity index (χ4v) is 3.07. The first kappa shape index (κ1) is 17.7. The maximum atomic E-state index is 12.7. The largest absolute Gasteiger partial charge is 0.451 e. The van der Waals surface area contributed by atoms with Gasteiger partial charge in [-0.05, 0) is 31.2 Å². The van der Waals surface area contributed by atoms with Crippen molar-refractivity contribution in [3.05, 3.63) is 86.3 Å². The Morgan fingerprint density at radius 2 is 1.89 bits per heavy atom. The van der Waals surface area contributed by atoms with Crippen LogP contribution >= 0.6 is 0 Å². The van der Waals surface area contributed by atoms with E-state index in [1.807, 2.05) is 13.0 Å². The minimum absolute atomic E-state index is 0.0630. The molecule has 0 radical (unpaired) electrons. The summed E-state index contributed by atoms with van der Waals surface area (Å²) >= 11 is 0. The van der Waals surface area contributed by atoms with Gasteiger partial charge in [0, 0.05) is 13.1 Å². The van der Waals surface area contributed by atoms with Crippen LogP contribution in [0.4, 0.5) is 0 Å². The van der Waals surface area contributed by atoms with Gasteiger partial charge in [-0.15, -0.1) is 0 Å². The van der Waals surface area contributed by atoms with Gasteiger partial charge in [-0.3, -0.25) is 14.4 Å². The van der Waals surface area contributed by atoms with Gasteiger partial charge in [-0.25, -0.2) is 4.98 Å². The summed E-state index contributed by atoms with van der Waals surface area (Å²) in [6, 6.07) is 13.4. The summed E-state index contributed by atoms with van der Waals surface area (Å²) in [5.74, 6) is -0.194. The van der Waals surface area contributed by atoms with E-state index in [2.05, 4.69) is 9.97 Å². The number of amides is 1. The van der Waals surface area contributed by atoms with Crippen molar-refractivity contribution in [3.63, 3.8) is 0 Å². The SMILES string of the molecule is Cc1ccc2oc(C(=O)N(C)Cc3nc4ccccc4c(=O)[nH]3)cc(=O)c2c1. The summed E-state index contributed by atoms with van der Waals surface area (Å²) in [7, 11) is 1.55. The second kappa shape index (κ2) is 6.77. The second-order valence-corrected chi connectivity index (χ2v) is 6.67. The van der Waals surface area contributed by atoms with Gasteiger partial charge in [-0.1, -0.05) is 23.8 Å². The van der Waals surface area contributed by atoms with Crippen molar-refractivity contribution in [2.24, 2.45) is 0 Å². The van der Waals surface area contributed by atoms with Crippen LogP contribution in [0.25, 0.3) is 21.9 Å². The predicted octanol–water partition coefficient (Wildman–Crippen LogP) is 2.61. The lowest BCUT2D eigenvalue weighted by Gasteiger charge is -2.16. The highest BCUT2D eigenvalue weighted by Gasteiger charge is 2.18. The molecule has 0 aliphatic heterocycles. The van der Waals surface area contributed by atoms with E-state index in [-0.39, 0.29) is 23.3 Å². The maximum absolute atomic E-state index is 12.7. The fraction of sp³-hybridized carbons (Fsp3) is 0.143. The van der Waals surface area contributed by atoms with Crippen molar-refractivity contribution in [2.75, 3.05) is 7.05 Å². The van der Waals surface area contributed by atoms with Crippen LogP contribution in [0.1, 0.15) is 21.9 Å². The van der Waals surface area contributed by atoms with Gasteiger partial charge in [0.1, 0.15) is 11.4 Å². The highest BCUT2D eigenvalue weighted by atomic mass is 16.3. The van der Waals surface area contributed by atoms with E-state index >= 15 is 0 Å². The lowest BCUT2D eigenvalue weighted by molar-refractivity contribution is 0.0750. The summed E-state index contributed by atoms with van der Waals surface area (Å²) < 4.78 is 5.63. The standard InChI is InChI=1S/C21H17N3O4/c1-12-7-8-17-14(9-12)16(25)10-18(28-17)21(27)24(2)11-19-22-15-6-4-3-5-13(15)20(26)23-19/h3-10H,11H2,1-2H3,(H,22,23,26). The molecule has 2 heterocycles. The topological polar surface area (TPSA) is 96.3 Å². The zero-order valence-corrected chi connectivity index (χ0v) is 15.4. The minimum atomic E-state index is -0.476. The molecule has 0 aliphatic carbocycles. The Kier molecular flexibility index (Phi) is 4.27. The molecule has 0 aliphatic rings. The molecule has 0 spiro atoms. The minimum Gasteiger partial charge on any atom is -0.451 e. The third kappa shape index (κ3) is 3.18. The summed E-state index contributed by atoms with van der Waals surface area (Å²) in [5.41, 5.74) is 1.29. The van der Waals surface area contributed by atoms with Crippen LogP contribution in [0.15, 0.2) is 62.5 Å². The Balaban J connectivity index is 1.65. The fourth-order valence-electron chi connectivity index (χ4n) is 3.07. The number of nitrogens with zero attached hydrogens (tertiary/aromatic N) is 2. The number of para-hydroxylation sites is 1. The van der Waals surface area contributed by atoms with Gasteiger partial charge in [-0.2, -0.15) is 0 Å². The molecule has 7 heteroatoms. The number of aromatic amines is 1. The summed E-state index contributed by atoms with van der Waals surface area (Å²) in [6.45, 7) is 1.94. The van der Waals surface area contributed by atoms with E-state index < -0.39 is 5.91 Å². The zero-order valence-electron chi connectivity index (χ0n) is 15.4. The molecule has 7 nitrogen and oxygen atoms in total. The molecule has 2 aromatic carbocycles. The van der Waals surface area contributed by atoms with Gasteiger partial charge in [0.2, 0.25) is 0 Å². The van der Waals surface area contributed by atoms with Crippen LogP contribution in [-0.2, 0) is 6.54 Å². The third-order valence-electron chi connectivity index (χ3n) is 4.49. The number of carbonyl (C=O) groups excluding carboxylic acids is 1. The molecular weight excluding hydrogens is 358 g/mol. The first-order valence-electron chi connectivity index (χ1n) is 8.70. The molecule has 28 heavy (non-hydrogen) atoms. The maximum Gasteiger partial charge on any atom is 0.289 e. The average molecular weight is 375 g/mol. The van der Waals surface area contributed by atoms with E-state index in [0.29, 0.717) is 27.7 Å². The van der Waals surface area contributed by atoms with Gasteiger partial charge in [0.25, 0.3) is 11.5 Å². The zero-order chi connectivity index (χ0) is 19.8. The van der Waals surface area contributed by atoms with Crippen molar-refractivity contribution < 1.29 is 9.21 Å². The number of benzene rings is 2. The van der Waals surface area contributed by atoms with Crippen LogP contribution in [0, 0.1) is 6.92 Å². The van der Waals surface area contributed by atoms with Crippen LogP contribution in [-0.4, -0.2) is 27.8 Å². The smallest absolute Gasteiger partial charge is 0.289 e. The monoisotopic (exact) mass is 375 g/mol. The lowest BCUT2D eigenvalue weighted by atomic mass is 10.1. The number of aryl methyl sites for hydroxylation is 1. The van der Waals surface area contributed by atoms with E-state index in [1.165, 1.54) is 11.0 Å². The first-order chi connectivity index (χ1) is 13.4. The van der Waals surface area contributed by atoms with E-state index in [9.17, 15) is 14.4 Å². The molecule has 4 rings (SSSR count). The van der Waals surface area contributed by atoms with E-state index in [0.717, 1.165) is 5.56 Å². The third-order valence-corrected chi connectivity index (χ3v) is 4.49. The molecule has 2 aromatic heterocycles. The summed E-state index contributed by atoms with van der Waals surface area (Å²) in [6.07, 6.45) is 0. The molecule has 0 atom stereocenters. The van der Waals surface area contributed by atoms with Gasteiger partial charge < -0.3 is 14.3 Å². The van der Waals surface area contributed by atoms with E-state index in [4.69, 9.17) is 4.42 Å². The average Bonchev–Trinajstić information content (AvgIpc) is 2.68. The number of hydrogen-bond acceptors (Lipinski definition) is 5. The highest BCUT2D eigenvalue weighted by molar-refractivity contribution is 5.93. The Hall–Kier alpha value is -3.74. The number of nitrogens with one attached hydrogen (secondary N) is 1. The Bertz CT molecular complexity index is 1340. The molecule has 140 valence electrons. The second-order valence-electron chi connectivity index (χ2n) is 6.67. The number of hydrogen-bond donors (Lipinski definition) is 1. The van der Waals surface area contributed by atoms with Crippen molar-refractivity contribution in [3.8, 4) is 0 Å². The number of rotatable bonds is 3. The molecule has 0 bridgehead atoms. The molecule has 0 unspecified atom stereocenters. The van der Waals surface area contributed by atoms with Crippen LogP contribution in [0.2, 0.25) is 0 Å². The Morgan fingerprint density at radius 1 is 1.11 bits per heavy atom. The Labute approximate surface area is 159 Å². The van der Waals surface area contributed by atoms with Crippen molar-refractivity contribution >= 4 is 27.8 Å². The van der Waals surface area contributed by atoms with Crippen LogP contribution < -0.4 is 11.0 Å². The number of carbonyl (C=O) groups is 1. The lowest BCUT2D eigenvalue weighted by Crippen LogP contribution is -2.29. The summed E-state index contributed by atoms with van der Waals surface area (Å²) in [5, 5.41) is 0.913. The molecule has 4 aromatic rings. The summed E-state index contributed by atoms with van der Waals surface area (Å²) in [4.78, 5) is 45.7.